The molecule has 25 heavy (non-hydrogen) atoms. The van der Waals surface area contributed by atoms with E-state index in [2.05, 4.69) is 5.32 Å². The third-order valence-electron chi connectivity index (χ3n) is 5.44. The first-order valence-electron chi connectivity index (χ1n) is 8.95. The molecule has 1 aromatic rings. The predicted octanol–water partition coefficient (Wildman–Crippen LogP) is 1.89. The first kappa shape index (κ1) is 17.6. The van der Waals surface area contributed by atoms with Crippen molar-refractivity contribution in [1.29, 1.82) is 0 Å². The Morgan fingerprint density at radius 2 is 2.00 bits per heavy atom. The number of benzene rings is 1. The van der Waals surface area contributed by atoms with Crippen LogP contribution in [0, 0.1) is 5.41 Å². The smallest absolute Gasteiger partial charge is 0.317 e. The molecule has 6 nitrogen and oxygen atoms in total. The summed E-state index contributed by atoms with van der Waals surface area (Å²) in [5.41, 5.74) is 0.809. The number of urea groups is 1. The number of rotatable bonds is 4. The maximum absolute atomic E-state index is 12.5. The number of hydrogen-bond donors (Lipinski definition) is 1. The molecule has 0 unspecified atom stereocenters. The quantitative estimate of drug-likeness (QED) is 0.906. The van der Waals surface area contributed by atoms with Crippen molar-refractivity contribution in [3.05, 3.63) is 29.8 Å². The summed E-state index contributed by atoms with van der Waals surface area (Å²) in [6, 6.07) is 7.80. The molecule has 1 spiro atoms. The predicted molar refractivity (Wildman–Crippen MR) is 95.6 cm³/mol. The van der Waals surface area contributed by atoms with E-state index >= 15 is 0 Å². The minimum atomic E-state index is -0.347. The fraction of sp³-hybridized carbons (Fsp3) is 0.579. The summed E-state index contributed by atoms with van der Waals surface area (Å²) >= 11 is 0. The highest BCUT2D eigenvalue weighted by Crippen LogP contribution is 2.39. The molecule has 0 radical (unpaired) electrons. The number of carbonyl (C=O) groups excluding carboxylic acids is 2. The Hall–Kier alpha value is -2.24. The van der Waals surface area contributed by atoms with E-state index in [1.807, 2.05) is 36.2 Å². The highest BCUT2D eigenvalue weighted by molar-refractivity contribution is 5.85. The van der Waals surface area contributed by atoms with Crippen molar-refractivity contribution in [3.63, 3.8) is 0 Å². The Kier molecular flexibility index (Phi) is 5.16. The van der Waals surface area contributed by atoms with Gasteiger partial charge in [-0.05, 0) is 43.4 Å². The van der Waals surface area contributed by atoms with Crippen LogP contribution in [0.3, 0.4) is 0 Å². The maximum atomic E-state index is 12.5. The molecular weight excluding hydrogens is 318 g/mol. The molecule has 3 rings (SSSR count). The lowest BCUT2D eigenvalue weighted by molar-refractivity contribution is -0.143. The molecule has 3 amide bonds. The molecule has 1 atom stereocenters. The van der Waals surface area contributed by atoms with Gasteiger partial charge in [0.1, 0.15) is 5.75 Å². The number of carbonyl (C=O) groups is 2. The molecule has 2 aliphatic heterocycles. The van der Waals surface area contributed by atoms with Crippen molar-refractivity contribution < 1.29 is 14.3 Å². The highest BCUT2D eigenvalue weighted by atomic mass is 16.5. The van der Waals surface area contributed by atoms with Crippen LogP contribution in [-0.2, 0) is 11.2 Å². The van der Waals surface area contributed by atoms with Crippen molar-refractivity contribution in [2.75, 3.05) is 40.3 Å². The summed E-state index contributed by atoms with van der Waals surface area (Å²) < 4.78 is 5.14. The van der Waals surface area contributed by atoms with Crippen molar-refractivity contribution in [2.45, 2.75) is 25.7 Å². The number of hydrogen-bond acceptors (Lipinski definition) is 3. The SMILES string of the molecule is COc1ccc(CCNC(=O)N2CC[C@@]3(CCCN(C)C3=O)C2)cc1. The average molecular weight is 345 g/mol. The van der Waals surface area contributed by atoms with Crippen molar-refractivity contribution >= 4 is 11.9 Å². The summed E-state index contributed by atoms with van der Waals surface area (Å²) in [5, 5.41) is 2.98. The van der Waals surface area contributed by atoms with Gasteiger partial charge in [-0.1, -0.05) is 12.1 Å². The molecule has 6 heteroatoms. The van der Waals surface area contributed by atoms with Crippen molar-refractivity contribution in [3.8, 4) is 5.75 Å². The van der Waals surface area contributed by atoms with E-state index in [1.165, 1.54) is 0 Å². The summed E-state index contributed by atoms with van der Waals surface area (Å²) in [6.45, 7) is 2.62. The monoisotopic (exact) mass is 345 g/mol. The third kappa shape index (κ3) is 3.72. The number of piperidine rings is 1. The lowest BCUT2D eigenvalue weighted by Gasteiger charge is -2.37. The molecule has 2 saturated heterocycles. The van der Waals surface area contributed by atoms with Crippen LogP contribution >= 0.6 is 0 Å². The number of nitrogens with zero attached hydrogens (tertiary/aromatic N) is 2. The van der Waals surface area contributed by atoms with Crippen LogP contribution in [0.25, 0.3) is 0 Å². The van der Waals surface area contributed by atoms with Gasteiger partial charge in [0.15, 0.2) is 0 Å². The van der Waals surface area contributed by atoms with Crippen LogP contribution in [0.15, 0.2) is 24.3 Å². The number of amides is 3. The summed E-state index contributed by atoms with van der Waals surface area (Å²) in [7, 11) is 3.51. The van der Waals surface area contributed by atoms with Gasteiger partial charge in [-0.25, -0.2) is 4.79 Å². The van der Waals surface area contributed by atoms with E-state index in [9.17, 15) is 9.59 Å². The second kappa shape index (κ2) is 7.33. The molecule has 1 N–H and O–H groups in total. The fourth-order valence-corrected chi connectivity index (χ4v) is 3.91. The summed E-state index contributed by atoms with van der Waals surface area (Å²) in [6.07, 6.45) is 3.47. The Morgan fingerprint density at radius 1 is 1.24 bits per heavy atom. The maximum Gasteiger partial charge on any atom is 0.317 e. The van der Waals surface area contributed by atoms with Gasteiger partial charge in [0.25, 0.3) is 0 Å². The Morgan fingerprint density at radius 3 is 2.72 bits per heavy atom. The van der Waals surface area contributed by atoms with Crippen molar-refractivity contribution in [2.24, 2.45) is 5.41 Å². The van der Waals surface area contributed by atoms with Crippen LogP contribution in [-0.4, -0.2) is 62.1 Å². The minimum Gasteiger partial charge on any atom is -0.497 e. The second-order valence-corrected chi connectivity index (χ2v) is 7.11. The molecule has 0 saturated carbocycles. The van der Waals surface area contributed by atoms with Gasteiger partial charge in [0.05, 0.1) is 12.5 Å². The second-order valence-electron chi connectivity index (χ2n) is 7.11. The van der Waals surface area contributed by atoms with Crippen LogP contribution in [0.5, 0.6) is 5.75 Å². The molecule has 0 aromatic heterocycles. The van der Waals surface area contributed by atoms with E-state index in [0.717, 1.165) is 43.5 Å². The summed E-state index contributed by atoms with van der Waals surface area (Å²) in [4.78, 5) is 28.6. The molecule has 1 aromatic carbocycles. The van der Waals surface area contributed by atoms with Gasteiger partial charge in [0.2, 0.25) is 5.91 Å². The van der Waals surface area contributed by atoms with E-state index in [-0.39, 0.29) is 17.4 Å². The number of ether oxygens (including phenoxy) is 1. The zero-order valence-corrected chi connectivity index (χ0v) is 15.1. The van der Waals surface area contributed by atoms with Crippen LogP contribution < -0.4 is 10.1 Å². The van der Waals surface area contributed by atoms with Gasteiger partial charge in [-0.2, -0.15) is 0 Å². The van der Waals surface area contributed by atoms with Gasteiger partial charge in [0, 0.05) is 33.2 Å². The zero-order valence-electron chi connectivity index (χ0n) is 15.1. The van der Waals surface area contributed by atoms with E-state index in [1.54, 1.807) is 12.0 Å². The van der Waals surface area contributed by atoms with Crippen LogP contribution in [0.2, 0.25) is 0 Å². The Balaban J connectivity index is 1.48. The van der Waals surface area contributed by atoms with Gasteiger partial charge >= 0.3 is 6.03 Å². The molecule has 2 fully saturated rings. The highest BCUT2D eigenvalue weighted by Gasteiger charge is 2.48. The summed E-state index contributed by atoms with van der Waals surface area (Å²) in [5.74, 6) is 1.03. The first-order chi connectivity index (χ1) is 12.0. The van der Waals surface area contributed by atoms with Crippen LogP contribution in [0.4, 0.5) is 4.79 Å². The normalized spacial score (nSPS) is 23.2. The van der Waals surface area contributed by atoms with Gasteiger partial charge in [-0.3, -0.25) is 4.79 Å². The number of nitrogens with one attached hydrogen (secondary N) is 1. The molecular formula is C19H27N3O3. The average Bonchev–Trinajstić information content (AvgIpc) is 3.05. The molecule has 0 aliphatic carbocycles. The number of likely N-dealkylation sites (tertiary alicyclic amines) is 2. The van der Waals surface area contributed by atoms with E-state index in [4.69, 9.17) is 4.74 Å². The molecule has 2 aliphatic rings. The number of methoxy groups -OCH3 is 1. The van der Waals surface area contributed by atoms with Gasteiger partial charge in [-0.15, -0.1) is 0 Å². The molecule has 0 bridgehead atoms. The minimum absolute atomic E-state index is 0.0635. The Labute approximate surface area is 149 Å². The van der Waals surface area contributed by atoms with Gasteiger partial charge < -0.3 is 19.9 Å². The lowest BCUT2D eigenvalue weighted by Crippen LogP contribution is -2.49. The van der Waals surface area contributed by atoms with E-state index < -0.39 is 0 Å². The molecule has 2 heterocycles. The zero-order chi connectivity index (χ0) is 17.9. The van der Waals surface area contributed by atoms with Crippen LogP contribution in [0.1, 0.15) is 24.8 Å². The fourth-order valence-electron chi connectivity index (χ4n) is 3.91. The molecule has 136 valence electrons. The Bertz CT molecular complexity index is 631. The first-order valence-corrected chi connectivity index (χ1v) is 8.95. The largest absolute Gasteiger partial charge is 0.497 e. The standard InChI is InChI=1S/C19H27N3O3/c1-21-12-3-9-19(17(21)23)10-13-22(14-19)18(24)20-11-8-15-4-6-16(25-2)7-5-15/h4-7H,3,8-14H2,1-2H3,(H,20,24)/t19-/m0/s1. The van der Waals surface area contributed by atoms with E-state index in [0.29, 0.717) is 19.6 Å². The topological polar surface area (TPSA) is 61.9 Å². The lowest BCUT2D eigenvalue weighted by atomic mass is 9.78. The van der Waals surface area contributed by atoms with Crippen molar-refractivity contribution in [1.82, 2.24) is 15.1 Å². The third-order valence-corrected chi connectivity index (χ3v) is 5.44.